The van der Waals surface area contributed by atoms with Crippen molar-refractivity contribution in [2.45, 2.75) is 32.9 Å². The van der Waals surface area contributed by atoms with E-state index in [0.29, 0.717) is 6.04 Å². The van der Waals surface area contributed by atoms with E-state index < -0.39 is 0 Å². The van der Waals surface area contributed by atoms with Crippen LogP contribution >= 0.6 is 43.2 Å². The van der Waals surface area contributed by atoms with E-state index in [2.05, 4.69) is 68.4 Å². The summed E-state index contributed by atoms with van der Waals surface area (Å²) in [5.41, 5.74) is 1.27. The lowest BCUT2D eigenvalue weighted by Gasteiger charge is -2.15. The highest BCUT2D eigenvalue weighted by Crippen LogP contribution is 2.36. The fourth-order valence-corrected chi connectivity index (χ4v) is 4.14. The number of aryl methyl sites for hydroxylation is 1. The molecule has 1 atom stereocenters. The third-order valence-corrected chi connectivity index (χ3v) is 6.28. The number of likely N-dealkylation sites (N-methyl/N-ethyl adjacent to an activating group) is 1. The van der Waals surface area contributed by atoms with Gasteiger partial charge in [0.2, 0.25) is 0 Å². The smallest absolute Gasteiger partial charge is 0.0843 e. The number of nitrogens with zero attached hydrogens (tertiary/aromatic N) is 2. The van der Waals surface area contributed by atoms with Gasteiger partial charge in [-0.15, -0.1) is 11.3 Å². The predicted molar refractivity (Wildman–Crippen MR) is 87.7 cm³/mol. The highest BCUT2D eigenvalue weighted by atomic mass is 79.9. The zero-order chi connectivity index (χ0) is 13.8. The lowest BCUT2D eigenvalue weighted by Crippen LogP contribution is -2.21. The number of halogens is 2. The first-order valence-electron chi connectivity index (χ1n) is 6.33. The number of nitrogens with one attached hydrogen (secondary N) is 1. The topological polar surface area (TPSA) is 29.9 Å². The molecule has 0 spiro atoms. The van der Waals surface area contributed by atoms with Crippen molar-refractivity contribution < 1.29 is 0 Å². The maximum atomic E-state index is 4.34. The number of thiophene rings is 1. The fraction of sp³-hybridized carbons (Fsp3) is 0.462. The van der Waals surface area contributed by atoms with Gasteiger partial charge < -0.3 is 5.32 Å². The van der Waals surface area contributed by atoms with Crippen LogP contribution in [0.25, 0.3) is 0 Å². The molecule has 0 radical (unpaired) electrons. The van der Waals surface area contributed by atoms with Gasteiger partial charge in [-0.05, 0) is 63.4 Å². The summed E-state index contributed by atoms with van der Waals surface area (Å²) in [7, 11) is 0. The normalized spacial score (nSPS) is 12.8. The third-order valence-electron chi connectivity index (χ3n) is 2.91. The van der Waals surface area contributed by atoms with Crippen molar-refractivity contribution in [3.05, 3.63) is 37.2 Å². The fourth-order valence-electron chi connectivity index (χ4n) is 1.98. The van der Waals surface area contributed by atoms with E-state index >= 15 is 0 Å². The van der Waals surface area contributed by atoms with Crippen molar-refractivity contribution in [1.29, 1.82) is 0 Å². The number of aromatic nitrogens is 2. The zero-order valence-electron chi connectivity index (χ0n) is 11.0. The quantitative estimate of drug-likeness (QED) is 0.771. The molecule has 0 saturated carbocycles. The van der Waals surface area contributed by atoms with Gasteiger partial charge in [0.05, 0.1) is 9.98 Å². The van der Waals surface area contributed by atoms with E-state index in [1.807, 2.05) is 10.9 Å². The average molecular weight is 407 g/mol. The number of rotatable bonds is 6. The Labute approximate surface area is 134 Å². The molecule has 0 aliphatic heterocycles. The Morgan fingerprint density at radius 2 is 2.21 bits per heavy atom. The Bertz CT molecular complexity index is 516. The van der Waals surface area contributed by atoms with Gasteiger partial charge in [0.25, 0.3) is 0 Å². The lowest BCUT2D eigenvalue weighted by atomic mass is 10.1. The summed E-state index contributed by atoms with van der Waals surface area (Å²) in [6, 6.07) is 2.53. The van der Waals surface area contributed by atoms with Crippen molar-refractivity contribution in [3.63, 3.8) is 0 Å². The molecule has 2 heterocycles. The summed E-state index contributed by atoms with van der Waals surface area (Å²) in [5, 5.41) is 7.88. The summed E-state index contributed by atoms with van der Waals surface area (Å²) in [5.74, 6) is 0. The van der Waals surface area contributed by atoms with Crippen LogP contribution in [-0.2, 0) is 13.0 Å². The Morgan fingerprint density at radius 3 is 2.74 bits per heavy atom. The number of hydrogen-bond acceptors (Lipinski definition) is 3. The molecule has 1 unspecified atom stereocenters. The van der Waals surface area contributed by atoms with Gasteiger partial charge in [-0.2, -0.15) is 5.10 Å². The Hall–Kier alpha value is -0.170. The molecule has 0 aliphatic rings. The van der Waals surface area contributed by atoms with Gasteiger partial charge in [0, 0.05) is 28.1 Å². The van der Waals surface area contributed by atoms with Gasteiger partial charge in [-0.3, -0.25) is 4.68 Å². The SMILES string of the molecule is CCNC(Cc1cnn(CC)c1)c1cc(Br)c(Br)s1. The molecule has 3 nitrogen and oxygen atoms in total. The van der Waals surface area contributed by atoms with Gasteiger partial charge >= 0.3 is 0 Å². The van der Waals surface area contributed by atoms with Gasteiger partial charge in [0.15, 0.2) is 0 Å². The second kappa shape index (κ2) is 7.02. The molecular formula is C13H17Br2N3S. The third kappa shape index (κ3) is 3.90. The molecule has 0 aromatic carbocycles. The summed E-state index contributed by atoms with van der Waals surface area (Å²) in [6.07, 6.45) is 5.06. The maximum absolute atomic E-state index is 4.34. The van der Waals surface area contributed by atoms with E-state index in [9.17, 15) is 0 Å². The van der Waals surface area contributed by atoms with Crippen molar-refractivity contribution in [2.75, 3.05) is 6.54 Å². The summed E-state index contributed by atoms with van der Waals surface area (Å²) < 4.78 is 4.24. The van der Waals surface area contributed by atoms with Crippen LogP contribution in [0.2, 0.25) is 0 Å². The zero-order valence-corrected chi connectivity index (χ0v) is 15.0. The highest BCUT2D eigenvalue weighted by Gasteiger charge is 2.16. The van der Waals surface area contributed by atoms with Crippen molar-refractivity contribution in [1.82, 2.24) is 15.1 Å². The van der Waals surface area contributed by atoms with E-state index in [-0.39, 0.29) is 0 Å². The minimum Gasteiger partial charge on any atom is -0.309 e. The molecule has 0 fully saturated rings. The predicted octanol–water partition coefficient (Wildman–Crippen LogP) is 4.38. The molecule has 1 N–H and O–H groups in total. The van der Waals surface area contributed by atoms with Crippen molar-refractivity contribution >= 4 is 43.2 Å². The van der Waals surface area contributed by atoms with Gasteiger partial charge in [-0.1, -0.05) is 6.92 Å². The molecule has 2 rings (SSSR count). The number of hydrogen-bond donors (Lipinski definition) is 1. The first-order chi connectivity index (χ1) is 9.13. The summed E-state index contributed by atoms with van der Waals surface area (Å²) >= 11 is 8.89. The van der Waals surface area contributed by atoms with Crippen LogP contribution in [0.3, 0.4) is 0 Å². The first kappa shape index (κ1) is 15.2. The minimum atomic E-state index is 0.340. The highest BCUT2D eigenvalue weighted by molar-refractivity contribution is 9.13. The lowest BCUT2D eigenvalue weighted by molar-refractivity contribution is 0.557. The van der Waals surface area contributed by atoms with E-state index in [1.54, 1.807) is 11.3 Å². The van der Waals surface area contributed by atoms with Crippen LogP contribution < -0.4 is 5.32 Å². The van der Waals surface area contributed by atoms with E-state index in [1.165, 1.54) is 10.4 Å². The first-order valence-corrected chi connectivity index (χ1v) is 8.73. The second-order valence-electron chi connectivity index (χ2n) is 4.29. The molecule has 0 aliphatic carbocycles. The Balaban J connectivity index is 2.15. The van der Waals surface area contributed by atoms with E-state index in [0.717, 1.165) is 27.8 Å². The minimum absolute atomic E-state index is 0.340. The van der Waals surface area contributed by atoms with Crippen LogP contribution in [0.5, 0.6) is 0 Å². The molecule has 2 aromatic heterocycles. The average Bonchev–Trinajstić information content (AvgIpc) is 2.97. The molecule has 6 heteroatoms. The molecule has 104 valence electrons. The monoisotopic (exact) mass is 405 g/mol. The molecule has 0 bridgehead atoms. The van der Waals surface area contributed by atoms with Crippen LogP contribution in [0.15, 0.2) is 26.7 Å². The van der Waals surface area contributed by atoms with Gasteiger partial charge in [-0.25, -0.2) is 0 Å². The standard InChI is InChI=1S/C13H17Br2N3S/c1-3-16-11(12-6-10(14)13(15)19-12)5-9-7-17-18(4-2)8-9/h6-8,11,16H,3-5H2,1-2H3. The molecule has 2 aromatic rings. The van der Waals surface area contributed by atoms with Crippen LogP contribution in [0.4, 0.5) is 0 Å². The molecule has 0 amide bonds. The van der Waals surface area contributed by atoms with Crippen LogP contribution in [0, 0.1) is 0 Å². The van der Waals surface area contributed by atoms with Gasteiger partial charge in [0.1, 0.15) is 0 Å². The van der Waals surface area contributed by atoms with Crippen molar-refractivity contribution in [2.24, 2.45) is 0 Å². The Morgan fingerprint density at radius 1 is 1.42 bits per heavy atom. The molecule has 0 saturated heterocycles. The second-order valence-corrected chi connectivity index (χ2v) is 7.55. The summed E-state index contributed by atoms with van der Waals surface area (Å²) in [6.45, 7) is 6.12. The van der Waals surface area contributed by atoms with E-state index in [4.69, 9.17) is 0 Å². The molecule has 19 heavy (non-hydrogen) atoms. The van der Waals surface area contributed by atoms with Crippen LogP contribution in [-0.4, -0.2) is 16.3 Å². The Kier molecular flexibility index (Phi) is 5.62. The summed E-state index contributed by atoms with van der Waals surface area (Å²) in [4.78, 5) is 1.34. The molecular weight excluding hydrogens is 390 g/mol. The van der Waals surface area contributed by atoms with Crippen LogP contribution in [0.1, 0.15) is 30.3 Å². The largest absolute Gasteiger partial charge is 0.309 e. The maximum Gasteiger partial charge on any atom is 0.0843 e. The van der Waals surface area contributed by atoms with Crippen molar-refractivity contribution in [3.8, 4) is 0 Å².